The van der Waals surface area contributed by atoms with Gasteiger partial charge in [0.25, 0.3) is 0 Å². The van der Waals surface area contributed by atoms with E-state index in [4.69, 9.17) is 0 Å². The van der Waals surface area contributed by atoms with E-state index in [0.717, 1.165) is 4.58 Å². The maximum atomic E-state index is 4.15. The molecule has 0 amide bonds. The van der Waals surface area contributed by atoms with Gasteiger partial charge >= 0.3 is 0 Å². The van der Waals surface area contributed by atoms with Crippen LogP contribution in [0, 0.1) is 0 Å². The zero-order valence-electron chi connectivity index (χ0n) is 10.6. The minimum absolute atomic E-state index is 0.450. The van der Waals surface area contributed by atoms with Crippen molar-refractivity contribution in [2.24, 2.45) is 0 Å². The van der Waals surface area contributed by atoms with Crippen molar-refractivity contribution in [3.8, 4) is 0 Å². The van der Waals surface area contributed by atoms with Gasteiger partial charge in [0.1, 0.15) is 0 Å². The van der Waals surface area contributed by atoms with Crippen LogP contribution in [0.5, 0.6) is 0 Å². The van der Waals surface area contributed by atoms with Gasteiger partial charge in [-0.1, -0.05) is 5.57 Å². The van der Waals surface area contributed by atoms with Crippen LogP contribution in [-0.4, -0.2) is 31.7 Å². The van der Waals surface area contributed by atoms with E-state index in [1.165, 1.54) is 54.3 Å². The summed E-state index contributed by atoms with van der Waals surface area (Å²) in [6, 6.07) is 0. The molecule has 0 N–H and O–H groups in total. The van der Waals surface area contributed by atoms with Crippen molar-refractivity contribution in [3.63, 3.8) is 0 Å². The average molecular weight is 307 g/mol. The van der Waals surface area contributed by atoms with Crippen LogP contribution in [0.3, 0.4) is 0 Å². The first kappa shape index (κ1) is 14.5. The van der Waals surface area contributed by atoms with E-state index < -0.39 is 0 Å². The predicted molar refractivity (Wildman–Crippen MR) is 89.6 cm³/mol. The zero-order valence-corrected chi connectivity index (χ0v) is 13.8. The Balaban J connectivity index is 1.95. The molecule has 0 saturated carbocycles. The van der Waals surface area contributed by atoms with Crippen LogP contribution in [0.4, 0.5) is 0 Å². The predicted octanol–water partition coefficient (Wildman–Crippen LogP) is 5.11. The van der Waals surface area contributed by atoms with E-state index in [1.54, 1.807) is 0 Å². The molecule has 0 aromatic rings. The summed E-state index contributed by atoms with van der Waals surface area (Å²) < 4.78 is 1.28. The van der Waals surface area contributed by atoms with Gasteiger partial charge in [-0.25, -0.2) is 0 Å². The molecule has 0 bridgehead atoms. The Morgan fingerprint density at radius 1 is 1.12 bits per heavy atom. The van der Waals surface area contributed by atoms with E-state index in [9.17, 15) is 0 Å². The van der Waals surface area contributed by atoms with Gasteiger partial charge in [0, 0.05) is 0 Å². The van der Waals surface area contributed by atoms with Gasteiger partial charge in [0.2, 0.25) is 0 Å². The molecule has 2 saturated heterocycles. The molecule has 0 aromatic heterocycles. The third kappa shape index (κ3) is 4.63. The lowest BCUT2D eigenvalue weighted by atomic mass is 10.1. The normalized spacial score (nSPS) is 25.7. The number of hydrogen-bond acceptors (Lipinski definition) is 4. The Morgan fingerprint density at radius 3 is 2.29 bits per heavy atom. The van der Waals surface area contributed by atoms with Gasteiger partial charge in [-0.3, -0.25) is 0 Å². The molecular weight excluding hydrogens is 284 g/mol. The van der Waals surface area contributed by atoms with Crippen LogP contribution in [-0.2, 0) is 0 Å². The lowest BCUT2D eigenvalue weighted by molar-refractivity contribution is 0.737. The molecule has 2 aliphatic heterocycles. The lowest BCUT2D eigenvalue weighted by Crippen LogP contribution is -2.29. The van der Waals surface area contributed by atoms with Gasteiger partial charge < -0.3 is 0 Å². The maximum Gasteiger partial charge on any atom is 0.0666 e. The summed E-state index contributed by atoms with van der Waals surface area (Å²) in [4.78, 5) is 0. The molecule has 2 fully saturated rings. The third-order valence-electron chi connectivity index (χ3n) is 2.96. The molecule has 0 spiro atoms. The highest BCUT2D eigenvalue weighted by molar-refractivity contribution is 8.19. The van der Waals surface area contributed by atoms with Crippen molar-refractivity contribution in [2.75, 3.05) is 23.0 Å². The van der Waals surface area contributed by atoms with Gasteiger partial charge in [0.15, 0.2) is 0 Å². The Kier molecular flexibility index (Phi) is 6.05. The summed E-state index contributed by atoms with van der Waals surface area (Å²) in [5.41, 5.74) is 1.36. The number of thioether (sulfide) groups is 4. The van der Waals surface area contributed by atoms with Crippen LogP contribution in [0.1, 0.15) is 32.6 Å². The van der Waals surface area contributed by atoms with Crippen molar-refractivity contribution in [2.45, 2.75) is 41.3 Å². The van der Waals surface area contributed by atoms with Gasteiger partial charge in [-0.15, -0.1) is 53.6 Å². The molecule has 2 heterocycles. The largest absolute Gasteiger partial charge is 0.148 e. The molecule has 2 rings (SSSR count). The molecule has 0 aromatic carbocycles. The van der Waals surface area contributed by atoms with E-state index in [2.05, 4.69) is 60.6 Å². The SMILES string of the molecule is C=C(C)CC1(CC2SCCCS2)SCCCS1. The topological polar surface area (TPSA) is 0 Å². The fraction of sp³-hybridized carbons (Fsp3) is 0.846. The summed E-state index contributed by atoms with van der Waals surface area (Å²) in [5, 5.41) is 0. The highest BCUT2D eigenvalue weighted by Gasteiger charge is 2.36. The second-order valence-corrected chi connectivity index (χ2v) is 11.0. The monoisotopic (exact) mass is 306 g/mol. The fourth-order valence-corrected chi connectivity index (χ4v) is 9.40. The Bertz CT molecular complexity index is 252. The van der Waals surface area contributed by atoms with Crippen LogP contribution < -0.4 is 0 Å². The van der Waals surface area contributed by atoms with E-state index >= 15 is 0 Å². The molecule has 0 radical (unpaired) electrons. The van der Waals surface area contributed by atoms with Gasteiger partial charge in [-0.05, 0) is 55.6 Å². The minimum Gasteiger partial charge on any atom is -0.148 e. The Morgan fingerprint density at radius 2 is 1.71 bits per heavy atom. The van der Waals surface area contributed by atoms with E-state index in [-0.39, 0.29) is 0 Å². The van der Waals surface area contributed by atoms with Crippen LogP contribution >= 0.6 is 47.0 Å². The molecule has 0 aliphatic carbocycles. The molecular formula is C13H22S4. The second kappa shape index (κ2) is 7.06. The molecule has 17 heavy (non-hydrogen) atoms. The summed E-state index contributed by atoms with van der Waals surface area (Å²) in [6.45, 7) is 6.34. The molecule has 0 nitrogen and oxygen atoms in total. The number of hydrogen-bond donors (Lipinski definition) is 0. The first-order chi connectivity index (χ1) is 8.20. The van der Waals surface area contributed by atoms with Crippen molar-refractivity contribution >= 4 is 47.0 Å². The molecule has 4 heteroatoms. The third-order valence-corrected chi connectivity index (χ3v) is 9.27. The van der Waals surface area contributed by atoms with Crippen molar-refractivity contribution in [3.05, 3.63) is 12.2 Å². The standard InChI is InChI=1S/C13H22S4/c1-11(2)9-13(16-7-4-8-17-13)10-12-14-5-3-6-15-12/h12H,1,3-10H2,2H3. The maximum absolute atomic E-state index is 4.15. The second-order valence-electron chi connectivity index (χ2n) is 4.82. The van der Waals surface area contributed by atoms with Crippen LogP contribution in [0.15, 0.2) is 12.2 Å². The Labute approximate surface area is 123 Å². The summed E-state index contributed by atoms with van der Waals surface area (Å²) in [6.07, 6.45) is 5.36. The van der Waals surface area contributed by atoms with Crippen molar-refractivity contribution in [1.82, 2.24) is 0 Å². The minimum atomic E-state index is 0.450. The lowest BCUT2D eigenvalue weighted by Gasteiger charge is -2.39. The zero-order chi connectivity index (χ0) is 12.1. The van der Waals surface area contributed by atoms with Crippen molar-refractivity contribution < 1.29 is 0 Å². The molecule has 98 valence electrons. The number of allylic oxidation sites excluding steroid dienone is 1. The van der Waals surface area contributed by atoms with E-state index in [1.807, 2.05) is 0 Å². The first-order valence-electron chi connectivity index (χ1n) is 6.36. The quantitative estimate of drug-likeness (QED) is 0.662. The fourth-order valence-electron chi connectivity index (χ4n) is 2.28. The summed E-state index contributed by atoms with van der Waals surface area (Å²) in [7, 11) is 0. The van der Waals surface area contributed by atoms with Crippen molar-refractivity contribution in [1.29, 1.82) is 0 Å². The number of rotatable bonds is 4. The molecule has 2 aliphatic rings. The van der Waals surface area contributed by atoms with Gasteiger partial charge in [-0.2, -0.15) is 0 Å². The molecule has 0 unspecified atom stereocenters. The van der Waals surface area contributed by atoms with E-state index in [0.29, 0.717) is 4.08 Å². The highest BCUT2D eigenvalue weighted by atomic mass is 32.2. The van der Waals surface area contributed by atoms with Crippen LogP contribution in [0.2, 0.25) is 0 Å². The summed E-state index contributed by atoms with van der Waals surface area (Å²) in [5.74, 6) is 5.44. The van der Waals surface area contributed by atoms with Gasteiger partial charge in [0.05, 0.1) is 8.66 Å². The average Bonchev–Trinajstić information content (AvgIpc) is 2.30. The summed E-state index contributed by atoms with van der Waals surface area (Å²) >= 11 is 8.79. The smallest absolute Gasteiger partial charge is 0.0666 e. The van der Waals surface area contributed by atoms with Crippen LogP contribution in [0.25, 0.3) is 0 Å². The first-order valence-corrected chi connectivity index (χ1v) is 10.4. The highest BCUT2D eigenvalue weighted by Crippen LogP contribution is 2.52. The Hall–Kier alpha value is 1.14. The molecule has 0 atom stereocenters.